The fourth-order valence-electron chi connectivity index (χ4n) is 3.21. The van der Waals surface area contributed by atoms with Crippen LogP contribution in [-0.2, 0) is 11.2 Å². The lowest BCUT2D eigenvalue weighted by Gasteiger charge is -2.32. The molecule has 0 spiro atoms. The van der Waals surface area contributed by atoms with Crippen molar-refractivity contribution < 1.29 is 24.1 Å². The second kappa shape index (κ2) is 8.15. The van der Waals surface area contributed by atoms with Gasteiger partial charge in [-0.05, 0) is 69.7 Å². The van der Waals surface area contributed by atoms with E-state index in [4.69, 9.17) is 9.84 Å². The zero-order valence-electron chi connectivity index (χ0n) is 15.2. The van der Waals surface area contributed by atoms with Crippen molar-refractivity contribution in [2.45, 2.75) is 64.2 Å². The molecule has 0 aromatic heterocycles. The quantitative estimate of drug-likeness (QED) is 0.853. The number of hydrogen-bond donors (Lipinski definition) is 2. The lowest BCUT2D eigenvalue weighted by atomic mass is 9.93. The third-order valence-corrected chi connectivity index (χ3v) is 4.32. The van der Waals surface area contributed by atoms with E-state index in [2.05, 4.69) is 0 Å². The predicted octanol–water partition coefficient (Wildman–Crippen LogP) is 3.18. The molecule has 1 aliphatic heterocycles. The number of aliphatic hydroxyl groups excluding tert-OH is 2. The third-order valence-electron chi connectivity index (χ3n) is 4.32. The van der Waals surface area contributed by atoms with Crippen LogP contribution < -0.4 is 0 Å². The highest BCUT2D eigenvalue weighted by molar-refractivity contribution is 5.69. The molecule has 0 bridgehead atoms. The summed E-state index contributed by atoms with van der Waals surface area (Å²) in [6.45, 7) is 5.93. The molecule has 25 heavy (non-hydrogen) atoms. The van der Waals surface area contributed by atoms with Gasteiger partial charge in [-0.1, -0.05) is 6.07 Å². The highest BCUT2D eigenvalue weighted by Gasteiger charge is 2.37. The van der Waals surface area contributed by atoms with Gasteiger partial charge in [-0.2, -0.15) is 0 Å². The van der Waals surface area contributed by atoms with E-state index < -0.39 is 29.7 Å². The van der Waals surface area contributed by atoms with E-state index in [0.717, 1.165) is 12.0 Å². The largest absolute Gasteiger partial charge is 0.444 e. The summed E-state index contributed by atoms with van der Waals surface area (Å²) in [5, 5.41) is 19.9. The fraction of sp³-hybridized carbons (Fsp3) is 0.632. The van der Waals surface area contributed by atoms with E-state index in [1.165, 1.54) is 17.0 Å². The molecular formula is C19H28FNO4. The van der Waals surface area contributed by atoms with Crippen molar-refractivity contribution in [1.29, 1.82) is 0 Å². The number of ether oxygens (including phenoxy) is 1. The molecule has 1 aromatic rings. The van der Waals surface area contributed by atoms with Crippen LogP contribution in [0.1, 0.15) is 57.3 Å². The Morgan fingerprint density at radius 3 is 2.80 bits per heavy atom. The monoisotopic (exact) mass is 353 g/mol. The molecule has 6 heteroatoms. The highest BCUT2D eigenvalue weighted by Crippen LogP contribution is 2.33. The molecule has 1 heterocycles. The summed E-state index contributed by atoms with van der Waals surface area (Å²) < 4.78 is 19.2. The number of carbonyl (C=O) groups is 1. The van der Waals surface area contributed by atoms with Crippen LogP contribution in [0.15, 0.2) is 18.2 Å². The first-order chi connectivity index (χ1) is 11.7. The molecule has 1 saturated heterocycles. The number of aliphatic hydroxyl groups is 2. The lowest BCUT2D eigenvalue weighted by molar-refractivity contribution is 0.00472. The minimum absolute atomic E-state index is 0.0281. The standard InChI is InChI=1S/C19H28FNO4/c1-19(2,3)25-18(24)21-10-4-7-16(21)17(23)15-12-14(20)9-8-13(15)6-5-11-22/h8-9,12,16-17,22-23H,4-7,10-11H2,1-3H3/t16-,17?/m0/s1. The zero-order valence-corrected chi connectivity index (χ0v) is 15.2. The van der Waals surface area contributed by atoms with E-state index in [-0.39, 0.29) is 6.61 Å². The van der Waals surface area contributed by atoms with Crippen molar-refractivity contribution in [3.05, 3.63) is 35.1 Å². The van der Waals surface area contributed by atoms with Crippen molar-refractivity contribution >= 4 is 6.09 Å². The number of hydrogen-bond acceptors (Lipinski definition) is 4. The van der Waals surface area contributed by atoms with Gasteiger partial charge in [-0.3, -0.25) is 0 Å². The van der Waals surface area contributed by atoms with Gasteiger partial charge in [0.2, 0.25) is 0 Å². The topological polar surface area (TPSA) is 70.0 Å². The molecule has 0 radical (unpaired) electrons. The molecule has 5 nitrogen and oxygen atoms in total. The number of amides is 1. The van der Waals surface area contributed by atoms with E-state index in [1.54, 1.807) is 26.8 Å². The number of carbonyl (C=O) groups excluding carboxylic acids is 1. The lowest BCUT2D eigenvalue weighted by Crippen LogP contribution is -2.42. The Balaban J connectivity index is 2.22. The van der Waals surface area contributed by atoms with Gasteiger partial charge in [0.25, 0.3) is 0 Å². The molecule has 2 rings (SSSR count). The fourth-order valence-corrected chi connectivity index (χ4v) is 3.21. The average Bonchev–Trinajstić information content (AvgIpc) is 3.01. The van der Waals surface area contributed by atoms with Crippen LogP contribution in [0.5, 0.6) is 0 Å². The zero-order chi connectivity index (χ0) is 18.6. The van der Waals surface area contributed by atoms with Gasteiger partial charge < -0.3 is 19.8 Å². The maximum absolute atomic E-state index is 13.7. The Morgan fingerprint density at radius 2 is 2.16 bits per heavy atom. The Hall–Kier alpha value is -1.66. The van der Waals surface area contributed by atoms with Crippen LogP contribution in [0.25, 0.3) is 0 Å². The van der Waals surface area contributed by atoms with Gasteiger partial charge in [0.1, 0.15) is 11.4 Å². The van der Waals surface area contributed by atoms with Gasteiger partial charge in [0.15, 0.2) is 0 Å². The van der Waals surface area contributed by atoms with Crippen LogP contribution >= 0.6 is 0 Å². The second-order valence-corrected chi connectivity index (χ2v) is 7.50. The molecule has 0 saturated carbocycles. The third kappa shape index (κ3) is 5.16. The van der Waals surface area contributed by atoms with Gasteiger partial charge >= 0.3 is 6.09 Å². The number of aryl methyl sites for hydroxylation is 1. The van der Waals surface area contributed by atoms with E-state index in [9.17, 15) is 14.3 Å². The first-order valence-electron chi connectivity index (χ1n) is 8.80. The van der Waals surface area contributed by atoms with E-state index >= 15 is 0 Å². The number of benzene rings is 1. The van der Waals surface area contributed by atoms with Crippen molar-refractivity contribution in [3.8, 4) is 0 Å². The molecule has 1 aliphatic rings. The summed E-state index contributed by atoms with van der Waals surface area (Å²) in [7, 11) is 0. The summed E-state index contributed by atoms with van der Waals surface area (Å²) >= 11 is 0. The minimum Gasteiger partial charge on any atom is -0.444 e. The Kier molecular flexibility index (Phi) is 6.41. The van der Waals surface area contributed by atoms with Gasteiger partial charge in [0, 0.05) is 13.2 Å². The molecule has 1 unspecified atom stereocenters. The van der Waals surface area contributed by atoms with Crippen molar-refractivity contribution in [1.82, 2.24) is 4.90 Å². The molecule has 2 atom stereocenters. The summed E-state index contributed by atoms with van der Waals surface area (Å²) in [6.07, 6.45) is 1.04. The summed E-state index contributed by atoms with van der Waals surface area (Å²) in [6, 6.07) is 3.87. The average molecular weight is 353 g/mol. The SMILES string of the molecule is CC(C)(C)OC(=O)N1CCC[C@H]1C(O)c1cc(F)ccc1CCCO. The highest BCUT2D eigenvalue weighted by atomic mass is 19.1. The first kappa shape index (κ1) is 19.7. The number of rotatable bonds is 5. The van der Waals surface area contributed by atoms with Gasteiger partial charge in [-0.15, -0.1) is 0 Å². The maximum Gasteiger partial charge on any atom is 0.410 e. The first-order valence-corrected chi connectivity index (χ1v) is 8.80. The van der Waals surface area contributed by atoms with Crippen LogP contribution in [0.3, 0.4) is 0 Å². The normalized spacial score (nSPS) is 19.1. The van der Waals surface area contributed by atoms with Crippen LogP contribution in [0.2, 0.25) is 0 Å². The molecule has 1 fully saturated rings. The Morgan fingerprint density at radius 1 is 1.44 bits per heavy atom. The van der Waals surface area contributed by atoms with Crippen LogP contribution in [0.4, 0.5) is 9.18 Å². The summed E-state index contributed by atoms with van der Waals surface area (Å²) in [4.78, 5) is 14.0. The Bertz CT molecular complexity index is 600. The molecule has 0 aliphatic carbocycles. The Labute approximate surface area is 148 Å². The van der Waals surface area contributed by atoms with Crippen molar-refractivity contribution in [3.63, 3.8) is 0 Å². The number of nitrogens with zero attached hydrogens (tertiary/aromatic N) is 1. The molecule has 140 valence electrons. The maximum atomic E-state index is 13.7. The number of halogens is 1. The number of likely N-dealkylation sites (tertiary alicyclic amines) is 1. The van der Waals surface area contributed by atoms with Gasteiger partial charge in [-0.25, -0.2) is 9.18 Å². The van der Waals surface area contributed by atoms with Gasteiger partial charge in [0.05, 0.1) is 12.1 Å². The molecule has 2 N–H and O–H groups in total. The summed E-state index contributed by atoms with van der Waals surface area (Å²) in [5.74, 6) is -0.427. The molecular weight excluding hydrogens is 325 g/mol. The van der Waals surface area contributed by atoms with Crippen molar-refractivity contribution in [2.24, 2.45) is 0 Å². The van der Waals surface area contributed by atoms with Crippen LogP contribution in [0, 0.1) is 5.82 Å². The predicted molar refractivity (Wildman–Crippen MR) is 92.7 cm³/mol. The van der Waals surface area contributed by atoms with Crippen molar-refractivity contribution in [2.75, 3.05) is 13.2 Å². The second-order valence-electron chi connectivity index (χ2n) is 7.50. The van der Waals surface area contributed by atoms with E-state index in [0.29, 0.717) is 31.4 Å². The smallest absolute Gasteiger partial charge is 0.410 e. The minimum atomic E-state index is -0.987. The summed E-state index contributed by atoms with van der Waals surface area (Å²) in [5.41, 5.74) is 0.660. The molecule has 1 aromatic carbocycles. The van der Waals surface area contributed by atoms with E-state index in [1.807, 2.05) is 0 Å². The molecule has 1 amide bonds. The van der Waals surface area contributed by atoms with Crippen LogP contribution in [-0.4, -0.2) is 46.0 Å².